The van der Waals surface area contributed by atoms with E-state index in [1.54, 1.807) is 12.1 Å². The number of sulfone groups is 1. The van der Waals surface area contributed by atoms with E-state index in [-0.39, 0.29) is 32.8 Å². The molecule has 0 saturated carbocycles. The van der Waals surface area contributed by atoms with Crippen LogP contribution in [0.15, 0.2) is 57.6 Å². The second kappa shape index (κ2) is 7.44. The number of fused-ring (bicyclic) bond motifs is 1. The lowest BCUT2D eigenvalue weighted by atomic mass is 9.90. The molecule has 3 aromatic rings. The number of halogens is 2. The van der Waals surface area contributed by atoms with Crippen LogP contribution >= 0.6 is 22.9 Å². The first-order valence-electron chi connectivity index (χ1n) is 8.56. The molecule has 1 atom stereocenters. The minimum atomic E-state index is -3.86. The molecular formula is C20H15ClFNO4S2. The summed E-state index contributed by atoms with van der Waals surface area (Å²) in [5.41, 5.74) is 0.840. The van der Waals surface area contributed by atoms with E-state index in [9.17, 15) is 17.6 Å². The molecule has 0 aliphatic carbocycles. The number of methoxy groups -OCH3 is 1. The molecule has 1 aliphatic heterocycles. The molecule has 0 spiro atoms. The van der Waals surface area contributed by atoms with Crippen LogP contribution in [0.5, 0.6) is 5.75 Å². The number of benzene rings is 2. The highest BCUT2D eigenvalue weighted by Gasteiger charge is 2.35. The van der Waals surface area contributed by atoms with E-state index in [1.165, 1.54) is 54.2 Å². The molecule has 29 heavy (non-hydrogen) atoms. The van der Waals surface area contributed by atoms with Crippen LogP contribution in [0.3, 0.4) is 0 Å². The molecule has 2 heterocycles. The largest absolute Gasteiger partial charge is 0.497 e. The first-order valence-corrected chi connectivity index (χ1v) is 11.3. The summed E-state index contributed by atoms with van der Waals surface area (Å²) in [7, 11) is -2.37. The van der Waals surface area contributed by atoms with Gasteiger partial charge in [0.15, 0.2) is 0 Å². The molecular weight excluding hydrogens is 437 g/mol. The van der Waals surface area contributed by atoms with E-state index in [4.69, 9.17) is 16.3 Å². The third-order valence-electron chi connectivity index (χ3n) is 4.75. The Balaban J connectivity index is 1.81. The number of carbonyl (C=O) groups is 1. The van der Waals surface area contributed by atoms with Crippen molar-refractivity contribution in [1.29, 1.82) is 0 Å². The lowest BCUT2D eigenvalue weighted by Gasteiger charge is -2.24. The zero-order valence-corrected chi connectivity index (χ0v) is 17.5. The molecule has 150 valence electrons. The van der Waals surface area contributed by atoms with Crippen molar-refractivity contribution in [3.05, 3.63) is 69.1 Å². The summed E-state index contributed by atoms with van der Waals surface area (Å²) < 4.78 is 44.8. The highest BCUT2D eigenvalue weighted by Crippen LogP contribution is 2.47. The number of nitrogens with one attached hydrogen (secondary N) is 1. The average molecular weight is 452 g/mol. The summed E-state index contributed by atoms with van der Waals surface area (Å²) in [6.45, 7) is 0. The molecule has 2 aromatic carbocycles. The standard InChI is InChI=1S/C20H15ClFNO4S2/c1-27-12-3-5-13(6-4-12)29(25,26)17-10-28-20-15(9-18(24)23-19(17)20)14-7-2-11(22)8-16(14)21/h2-8,10,15H,9H2,1H3,(H,23,24)/t15-/m0/s1. The van der Waals surface area contributed by atoms with Gasteiger partial charge in [-0.15, -0.1) is 11.3 Å². The van der Waals surface area contributed by atoms with E-state index in [2.05, 4.69) is 5.32 Å². The Morgan fingerprint density at radius 2 is 1.93 bits per heavy atom. The lowest BCUT2D eigenvalue weighted by molar-refractivity contribution is -0.116. The van der Waals surface area contributed by atoms with Gasteiger partial charge in [-0.05, 0) is 42.0 Å². The van der Waals surface area contributed by atoms with Gasteiger partial charge in [-0.3, -0.25) is 4.79 Å². The molecule has 0 fully saturated rings. The van der Waals surface area contributed by atoms with E-state index < -0.39 is 21.6 Å². The lowest BCUT2D eigenvalue weighted by Crippen LogP contribution is -2.23. The fourth-order valence-corrected chi connectivity index (χ4v) is 6.52. The second-order valence-corrected chi connectivity index (χ2v) is 9.73. The summed E-state index contributed by atoms with van der Waals surface area (Å²) in [4.78, 5) is 13.1. The maximum atomic E-state index is 13.4. The number of thiophene rings is 1. The fraction of sp³-hybridized carbons (Fsp3) is 0.150. The van der Waals surface area contributed by atoms with Crippen LogP contribution in [-0.4, -0.2) is 21.4 Å². The molecule has 1 N–H and O–H groups in total. The van der Waals surface area contributed by atoms with Crippen LogP contribution < -0.4 is 10.1 Å². The third-order valence-corrected chi connectivity index (χ3v) is 8.12. The number of hydrogen-bond donors (Lipinski definition) is 1. The van der Waals surface area contributed by atoms with Gasteiger partial charge in [0, 0.05) is 27.6 Å². The molecule has 5 nitrogen and oxygen atoms in total. The summed E-state index contributed by atoms with van der Waals surface area (Å²) in [5, 5.41) is 4.40. The van der Waals surface area contributed by atoms with Gasteiger partial charge in [-0.25, -0.2) is 12.8 Å². The Hall–Kier alpha value is -2.42. The van der Waals surface area contributed by atoms with Crippen molar-refractivity contribution >= 4 is 44.4 Å². The van der Waals surface area contributed by atoms with Crippen molar-refractivity contribution in [2.45, 2.75) is 22.1 Å². The van der Waals surface area contributed by atoms with Gasteiger partial charge in [-0.1, -0.05) is 17.7 Å². The van der Waals surface area contributed by atoms with Gasteiger partial charge in [0.1, 0.15) is 16.5 Å². The maximum absolute atomic E-state index is 13.4. The van der Waals surface area contributed by atoms with Crippen LogP contribution in [0.25, 0.3) is 0 Å². The van der Waals surface area contributed by atoms with Gasteiger partial charge >= 0.3 is 0 Å². The van der Waals surface area contributed by atoms with E-state index in [0.717, 1.165) is 0 Å². The third kappa shape index (κ3) is 3.52. The van der Waals surface area contributed by atoms with Gasteiger partial charge in [0.05, 0.1) is 17.7 Å². The molecule has 1 aromatic heterocycles. The number of carbonyl (C=O) groups excluding carboxylic acids is 1. The van der Waals surface area contributed by atoms with E-state index in [1.807, 2.05) is 0 Å². The molecule has 1 aliphatic rings. The molecule has 0 bridgehead atoms. The van der Waals surface area contributed by atoms with E-state index >= 15 is 0 Å². The molecule has 4 rings (SSSR count). The van der Waals surface area contributed by atoms with Crippen LogP contribution in [-0.2, 0) is 14.6 Å². The zero-order chi connectivity index (χ0) is 20.8. The number of ether oxygens (including phenoxy) is 1. The normalized spacial score (nSPS) is 16.2. The molecule has 0 saturated heterocycles. The highest BCUT2D eigenvalue weighted by molar-refractivity contribution is 7.91. The van der Waals surface area contributed by atoms with E-state index in [0.29, 0.717) is 16.2 Å². The Morgan fingerprint density at radius 1 is 1.21 bits per heavy atom. The van der Waals surface area contributed by atoms with Gasteiger partial charge < -0.3 is 10.1 Å². The SMILES string of the molecule is COc1ccc(S(=O)(=O)c2csc3c2NC(=O)C[C@H]3c2ccc(F)cc2Cl)cc1. The minimum Gasteiger partial charge on any atom is -0.497 e. The van der Waals surface area contributed by atoms with Crippen molar-refractivity contribution in [1.82, 2.24) is 0 Å². The number of hydrogen-bond acceptors (Lipinski definition) is 5. The second-order valence-electron chi connectivity index (χ2n) is 6.49. The molecule has 0 unspecified atom stereocenters. The smallest absolute Gasteiger partial charge is 0.225 e. The van der Waals surface area contributed by atoms with Crippen molar-refractivity contribution in [2.75, 3.05) is 12.4 Å². The van der Waals surface area contributed by atoms with Crippen molar-refractivity contribution in [2.24, 2.45) is 0 Å². The highest BCUT2D eigenvalue weighted by atomic mass is 35.5. The Kier molecular flexibility index (Phi) is 5.10. The van der Waals surface area contributed by atoms with Crippen LogP contribution in [0, 0.1) is 5.82 Å². The summed E-state index contributed by atoms with van der Waals surface area (Å²) in [6.07, 6.45) is 0.0981. The molecule has 1 amide bonds. The number of anilines is 1. The van der Waals surface area contributed by atoms with Gasteiger partial charge in [0.25, 0.3) is 0 Å². The topological polar surface area (TPSA) is 72.5 Å². The fourth-order valence-electron chi connectivity index (χ4n) is 3.32. The summed E-state index contributed by atoms with van der Waals surface area (Å²) in [5.74, 6) is -0.715. The first-order chi connectivity index (χ1) is 13.8. The van der Waals surface area contributed by atoms with Crippen molar-refractivity contribution in [3.63, 3.8) is 0 Å². The Labute approximate surface area is 176 Å². The average Bonchev–Trinajstić information content (AvgIpc) is 3.12. The predicted molar refractivity (Wildman–Crippen MR) is 109 cm³/mol. The van der Waals surface area contributed by atoms with Crippen LogP contribution in [0.1, 0.15) is 22.8 Å². The van der Waals surface area contributed by atoms with Crippen molar-refractivity contribution < 1.29 is 22.3 Å². The Morgan fingerprint density at radius 3 is 2.59 bits per heavy atom. The summed E-state index contributed by atoms with van der Waals surface area (Å²) >= 11 is 7.43. The van der Waals surface area contributed by atoms with Crippen LogP contribution in [0.2, 0.25) is 5.02 Å². The van der Waals surface area contributed by atoms with Gasteiger partial charge in [0.2, 0.25) is 15.7 Å². The van der Waals surface area contributed by atoms with Crippen LogP contribution in [0.4, 0.5) is 10.1 Å². The predicted octanol–water partition coefficient (Wildman–Crippen LogP) is 4.86. The van der Waals surface area contributed by atoms with Gasteiger partial charge in [-0.2, -0.15) is 0 Å². The monoisotopic (exact) mass is 451 g/mol. The first kappa shape index (κ1) is 19.9. The molecule has 9 heteroatoms. The summed E-state index contributed by atoms with van der Waals surface area (Å²) in [6, 6.07) is 10.0. The Bertz CT molecular complexity index is 1210. The molecule has 0 radical (unpaired) electrons. The number of amides is 1. The zero-order valence-electron chi connectivity index (χ0n) is 15.1. The quantitative estimate of drug-likeness (QED) is 0.615. The minimum absolute atomic E-state index is 0.0268. The van der Waals surface area contributed by atoms with Crippen molar-refractivity contribution in [3.8, 4) is 5.75 Å². The maximum Gasteiger partial charge on any atom is 0.225 e. The number of rotatable bonds is 4.